The molecular formula is C22H22ClFN2O3. The second-order valence-corrected chi connectivity index (χ2v) is 7.46. The van der Waals surface area contributed by atoms with Crippen molar-refractivity contribution in [2.24, 2.45) is 0 Å². The van der Waals surface area contributed by atoms with Gasteiger partial charge in [-0.25, -0.2) is 4.39 Å². The van der Waals surface area contributed by atoms with Crippen LogP contribution >= 0.6 is 11.6 Å². The van der Waals surface area contributed by atoms with Crippen molar-refractivity contribution >= 4 is 34.7 Å². The fourth-order valence-corrected chi connectivity index (χ4v) is 3.19. The second kappa shape index (κ2) is 8.76. The van der Waals surface area contributed by atoms with E-state index in [2.05, 4.69) is 5.32 Å². The van der Waals surface area contributed by atoms with Crippen LogP contribution in [0.1, 0.15) is 25.0 Å². The van der Waals surface area contributed by atoms with Gasteiger partial charge in [0.05, 0.1) is 24.8 Å². The maximum atomic E-state index is 13.4. The van der Waals surface area contributed by atoms with Crippen molar-refractivity contribution in [2.75, 3.05) is 18.5 Å². The van der Waals surface area contributed by atoms with E-state index in [1.807, 2.05) is 26.8 Å². The Morgan fingerprint density at radius 1 is 1.10 bits per heavy atom. The molecule has 5 nitrogen and oxygen atoms in total. The van der Waals surface area contributed by atoms with Crippen LogP contribution in [0.15, 0.2) is 48.2 Å². The van der Waals surface area contributed by atoms with Gasteiger partial charge in [0.1, 0.15) is 11.5 Å². The minimum atomic E-state index is -0.457. The van der Waals surface area contributed by atoms with Gasteiger partial charge in [-0.3, -0.25) is 14.5 Å². The number of imide groups is 1. The number of hydrogen-bond acceptors (Lipinski definition) is 4. The molecule has 1 heterocycles. The number of nitrogens with zero attached hydrogens (tertiary/aromatic N) is 1. The van der Waals surface area contributed by atoms with E-state index in [0.717, 1.165) is 10.5 Å². The lowest BCUT2D eigenvalue weighted by Crippen LogP contribution is -2.35. The van der Waals surface area contributed by atoms with Crippen LogP contribution in [-0.2, 0) is 14.3 Å². The third-order valence-electron chi connectivity index (χ3n) is 4.53. The van der Waals surface area contributed by atoms with E-state index in [9.17, 15) is 14.0 Å². The van der Waals surface area contributed by atoms with Crippen LogP contribution in [0.4, 0.5) is 10.1 Å². The van der Waals surface area contributed by atoms with Crippen LogP contribution < -0.4 is 5.32 Å². The molecule has 7 heteroatoms. The highest BCUT2D eigenvalue weighted by atomic mass is 35.5. The molecule has 2 aromatic carbocycles. The topological polar surface area (TPSA) is 58.6 Å². The second-order valence-electron chi connectivity index (χ2n) is 7.02. The summed E-state index contributed by atoms with van der Waals surface area (Å²) >= 11 is 6.09. The molecule has 1 aliphatic heterocycles. The SMILES string of the molecule is Cc1ccc(Cl)cc1NC1=C(c2ccc(F)cc2)C(=O)N(CCOC(C)C)C1=O. The Balaban J connectivity index is 1.99. The molecular weight excluding hydrogens is 395 g/mol. The lowest BCUT2D eigenvalue weighted by atomic mass is 10.0. The molecule has 3 rings (SSSR count). The van der Waals surface area contributed by atoms with Crippen LogP contribution in [0.2, 0.25) is 5.02 Å². The largest absolute Gasteiger partial charge is 0.377 e. The Morgan fingerprint density at radius 2 is 1.79 bits per heavy atom. The Labute approximate surface area is 174 Å². The predicted octanol–water partition coefficient (Wildman–Crippen LogP) is 4.40. The smallest absolute Gasteiger partial charge is 0.278 e. The Kier molecular flexibility index (Phi) is 6.35. The van der Waals surface area contributed by atoms with Crippen LogP contribution in [0.5, 0.6) is 0 Å². The average molecular weight is 417 g/mol. The molecule has 1 aliphatic rings. The Bertz CT molecular complexity index is 971. The van der Waals surface area contributed by atoms with Gasteiger partial charge in [-0.2, -0.15) is 0 Å². The van der Waals surface area contributed by atoms with Gasteiger partial charge >= 0.3 is 0 Å². The van der Waals surface area contributed by atoms with Crippen LogP contribution in [0.3, 0.4) is 0 Å². The van der Waals surface area contributed by atoms with E-state index < -0.39 is 17.6 Å². The molecule has 0 spiro atoms. The Morgan fingerprint density at radius 3 is 2.45 bits per heavy atom. The number of amides is 2. The predicted molar refractivity (Wildman–Crippen MR) is 111 cm³/mol. The average Bonchev–Trinajstić information content (AvgIpc) is 2.89. The van der Waals surface area contributed by atoms with Gasteiger partial charge in [0.2, 0.25) is 0 Å². The lowest BCUT2D eigenvalue weighted by molar-refractivity contribution is -0.137. The van der Waals surface area contributed by atoms with Crippen molar-refractivity contribution in [1.82, 2.24) is 4.90 Å². The highest BCUT2D eigenvalue weighted by molar-refractivity contribution is 6.36. The first kappa shape index (κ1) is 21.0. The van der Waals surface area contributed by atoms with E-state index in [1.165, 1.54) is 24.3 Å². The fourth-order valence-electron chi connectivity index (χ4n) is 3.02. The molecule has 0 saturated carbocycles. The van der Waals surface area contributed by atoms with Crippen LogP contribution in [-0.4, -0.2) is 36.0 Å². The van der Waals surface area contributed by atoms with Crippen LogP contribution in [0, 0.1) is 12.7 Å². The number of hydrogen-bond donors (Lipinski definition) is 1. The van der Waals surface area contributed by atoms with Gasteiger partial charge in [-0.15, -0.1) is 0 Å². The van der Waals surface area contributed by atoms with E-state index >= 15 is 0 Å². The molecule has 0 radical (unpaired) electrons. The Hall–Kier alpha value is -2.70. The van der Waals surface area contributed by atoms with Crippen LogP contribution in [0.25, 0.3) is 5.57 Å². The summed E-state index contributed by atoms with van der Waals surface area (Å²) in [5.74, 6) is -1.33. The van der Waals surface area contributed by atoms with E-state index in [1.54, 1.807) is 12.1 Å². The van der Waals surface area contributed by atoms with E-state index in [4.69, 9.17) is 16.3 Å². The van der Waals surface area contributed by atoms with Crippen molar-refractivity contribution in [2.45, 2.75) is 26.9 Å². The molecule has 0 bridgehead atoms. The van der Waals surface area contributed by atoms with Crippen molar-refractivity contribution in [1.29, 1.82) is 0 Å². The molecule has 0 unspecified atom stereocenters. The fraction of sp³-hybridized carbons (Fsp3) is 0.273. The molecule has 152 valence electrons. The zero-order valence-electron chi connectivity index (χ0n) is 16.5. The molecule has 1 N–H and O–H groups in total. The number of nitrogens with one attached hydrogen (secondary N) is 1. The summed E-state index contributed by atoms with van der Waals surface area (Å²) < 4.78 is 18.9. The summed E-state index contributed by atoms with van der Waals surface area (Å²) in [6.45, 7) is 5.98. The van der Waals surface area contributed by atoms with Gasteiger partial charge in [-0.05, 0) is 56.2 Å². The number of anilines is 1. The molecule has 29 heavy (non-hydrogen) atoms. The molecule has 2 amide bonds. The van der Waals surface area contributed by atoms with Gasteiger partial charge in [0, 0.05) is 10.7 Å². The van der Waals surface area contributed by atoms with Gasteiger partial charge < -0.3 is 10.1 Å². The normalized spacial score (nSPS) is 14.3. The minimum absolute atomic E-state index is 0.0148. The molecule has 0 atom stereocenters. The maximum Gasteiger partial charge on any atom is 0.278 e. The van der Waals surface area contributed by atoms with Gasteiger partial charge in [-0.1, -0.05) is 29.8 Å². The zero-order valence-corrected chi connectivity index (χ0v) is 17.2. The van der Waals surface area contributed by atoms with Crippen molar-refractivity contribution in [3.8, 4) is 0 Å². The standard InChI is InChI=1S/C22H22ClFN2O3/c1-13(2)29-11-10-26-21(27)19(15-5-8-17(24)9-6-15)20(22(26)28)25-18-12-16(23)7-4-14(18)3/h4-9,12-13,25H,10-11H2,1-3H3. The van der Waals surface area contributed by atoms with E-state index in [-0.39, 0.29) is 30.5 Å². The number of aryl methyl sites for hydroxylation is 1. The first-order valence-electron chi connectivity index (χ1n) is 9.29. The molecule has 0 aliphatic carbocycles. The van der Waals surface area contributed by atoms with Gasteiger partial charge in [0.25, 0.3) is 11.8 Å². The first-order chi connectivity index (χ1) is 13.8. The molecule has 0 aromatic heterocycles. The number of ether oxygens (including phenoxy) is 1. The summed E-state index contributed by atoms with van der Waals surface area (Å²) in [6.07, 6.45) is -0.0148. The molecule has 2 aromatic rings. The monoisotopic (exact) mass is 416 g/mol. The highest BCUT2D eigenvalue weighted by Gasteiger charge is 2.39. The van der Waals surface area contributed by atoms with Gasteiger partial charge in [0.15, 0.2) is 0 Å². The lowest BCUT2D eigenvalue weighted by Gasteiger charge is -2.16. The molecule has 0 saturated heterocycles. The third-order valence-corrected chi connectivity index (χ3v) is 4.76. The number of carbonyl (C=O) groups is 2. The summed E-state index contributed by atoms with van der Waals surface area (Å²) in [4.78, 5) is 27.3. The maximum absolute atomic E-state index is 13.4. The molecule has 0 fully saturated rings. The summed E-state index contributed by atoms with van der Waals surface area (Å²) in [7, 11) is 0. The number of rotatable bonds is 7. The zero-order chi connectivity index (χ0) is 21.1. The number of halogens is 2. The van der Waals surface area contributed by atoms with Crippen molar-refractivity contribution in [3.05, 3.63) is 70.1 Å². The van der Waals surface area contributed by atoms with Crippen molar-refractivity contribution < 1.29 is 18.7 Å². The van der Waals surface area contributed by atoms with Crippen molar-refractivity contribution in [3.63, 3.8) is 0 Å². The third kappa shape index (κ3) is 4.66. The highest BCUT2D eigenvalue weighted by Crippen LogP contribution is 2.32. The number of benzene rings is 2. The summed E-state index contributed by atoms with van der Waals surface area (Å²) in [6, 6.07) is 10.7. The van der Waals surface area contributed by atoms with E-state index in [0.29, 0.717) is 16.3 Å². The first-order valence-corrected chi connectivity index (χ1v) is 9.67. The summed E-state index contributed by atoms with van der Waals surface area (Å²) in [5, 5.41) is 3.57. The number of carbonyl (C=O) groups excluding carboxylic acids is 2. The summed E-state index contributed by atoms with van der Waals surface area (Å²) in [5.41, 5.74) is 2.27. The minimum Gasteiger partial charge on any atom is -0.377 e. The quantitative estimate of drug-likeness (QED) is 0.679.